The lowest BCUT2D eigenvalue weighted by Gasteiger charge is -2.35. The molecular weight excluding hydrogens is 179 g/mol. The van der Waals surface area contributed by atoms with Gasteiger partial charge in [0.2, 0.25) is 5.87 Å². The highest BCUT2D eigenvalue weighted by atomic mass is 16.9. The molecule has 0 spiro atoms. The van der Waals surface area contributed by atoms with Crippen LogP contribution in [0.5, 0.6) is 0 Å². The fourth-order valence-electron chi connectivity index (χ4n) is 1.07. The fraction of sp³-hybridized carbons (Fsp3) is 1.00. The lowest BCUT2D eigenvalue weighted by atomic mass is 10.1. The van der Waals surface area contributed by atoms with Crippen molar-refractivity contribution >= 4 is 7.85 Å². The summed E-state index contributed by atoms with van der Waals surface area (Å²) in [5, 5.41) is 0. The van der Waals surface area contributed by atoms with Gasteiger partial charge in [-0.2, -0.15) is 0 Å². The van der Waals surface area contributed by atoms with Crippen molar-refractivity contribution in [2.45, 2.75) is 65.7 Å². The van der Waals surface area contributed by atoms with Crippen LogP contribution in [0.2, 0.25) is 0 Å². The van der Waals surface area contributed by atoms with Crippen molar-refractivity contribution in [3.8, 4) is 0 Å². The van der Waals surface area contributed by atoms with E-state index in [1.54, 1.807) is 0 Å². The van der Waals surface area contributed by atoms with E-state index in [1.807, 2.05) is 41.5 Å². The molecule has 2 radical (unpaired) electrons. The van der Waals surface area contributed by atoms with E-state index in [9.17, 15) is 0 Å². The zero-order chi connectivity index (χ0) is 11.4. The van der Waals surface area contributed by atoms with Crippen molar-refractivity contribution in [2.75, 3.05) is 0 Å². The van der Waals surface area contributed by atoms with E-state index in [0.717, 1.165) is 0 Å². The summed E-state index contributed by atoms with van der Waals surface area (Å²) in [6.45, 7) is 11.3. The molecule has 0 saturated carbocycles. The average molecular weight is 200 g/mol. The molecule has 0 unspecified atom stereocenters. The van der Waals surface area contributed by atoms with Crippen LogP contribution in [-0.4, -0.2) is 32.0 Å². The van der Waals surface area contributed by atoms with Crippen molar-refractivity contribution in [3.05, 3.63) is 0 Å². The maximum absolute atomic E-state index is 5.83. The van der Waals surface area contributed by atoms with Crippen molar-refractivity contribution in [3.63, 3.8) is 0 Å². The predicted molar refractivity (Wildman–Crippen MR) is 57.1 cm³/mol. The van der Waals surface area contributed by atoms with Crippen LogP contribution >= 0.6 is 0 Å². The average Bonchev–Trinajstić information content (AvgIpc) is 1.76. The third-order valence-corrected chi connectivity index (χ3v) is 1.20. The fourth-order valence-corrected chi connectivity index (χ4v) is 1.07. The van der Waals surface area contributed by atoms with Gasteiger partial charge >= 0.3 is 0 Å². The molecule has 0 aromatic carbocycles. The van der Waals surface area contributed by atoms with Crippen LogP contribution in [0, 0.1) is 0 Å². The Morgan fingerprint density at radius 3 is 1.07 bits per heavy atom. The molecule has 0 heterocycles. The molecule has 0 aromatic rings. The van der Waals surface area contributed by atoms with Gasteiger partial charge in [0.15, 0.2) is 7.85 Å². The summed E-state index contributed by atoms with van der Waals surface area (Å²) in [6, 6.07) is 0. The van der Waals surface area contributed by atoms with Gasteiger partial charge in [0.25, 0.3) is 0 Å². The lowest BCUT2D eigenvalue weighted by Crippen LogP contribution is -2.45. The highest BCUT2D eigenvalue weighted by Crippen LogP contribution is 2.18. The van der Waals surface area contributed by atoms with Crippen molar-refractivity contribution in [1.82, 2.24) is 0 Å². The van der Waals surface area contributed by atoms with Gasteiger partial charge < -0.3 is 14.2 Å². The third-order valence-electron chi connectivity index (χ3n) is 1.20. The van der Waals surface area contributed by atoms with Crippen LogP contribution < -0.4 is 0 Å². The summed E-state index contributed by atoms with van der Waals surface area (Å²) in [6.07, 6.45) is -0.132. The first kappa shape index (κ1) is 13.9. The van der Waals surface area contributed by atoms with Crippen LogP contribution in [0.4, 0.5) is 0 Å². The van der Waals surface area contributed by atoms with Gasteiger partial charge in [-0.3, -0.25) is 0 Å². The van der Waals surface area contributed by atoms with Crippen LogP contribution in [-0.2, 0) is 14.2 Å². The molecule has 4 heteroatoms. The van der Waals surface area contributed by atoms with Crippen LogP contribution in [0.25, 0.3) is 0 Å². The maximum atomic E-state index is 5.83. The first-order chi connectivity index (χ1) is 6.25. The molecule has 0 aliphatic carbocycles. The van der Waals surface area contributed by atoms with Gasteiger partial charge in [-0.1, -0.05) is 0 Å². The van der Waals surface area contributed by atoms with E-state index in [1.165, 1.54) is 0 Å². The lowest BCUT2D eigenvalue weighted by molar-refractivity contribution is -0.357. The molecule has 0 amide bonds. The van der Waals surface area contributed by atoms with Gasteiger partial charge in [0, 0.05) is 0 Å². The van der Waals surface area contributed by atoms with E-state index < -0.39 is 5.87 Å². The largest absolute Gasteiger partial charge is 0.334 e. The molecule has 0 atom stereocenters. The van der Waals surface area contributed by atoms with E-state index in [4.69, 9.17) is 22.1 Å². The maximum Gasteiger partial charge on any atom is 0.223 e. The number of hydrogen-bond donors (Lipinski definition) is 0. The molecule has 0 saturated heterocycles. The molecule has 0 bridgehead atoms. The second-order valence-corrected chi connectivity index (χ2v) is 4.10. The van der Waals surface area contributed by atoms with Gasteiger partial charge in [-0.25, -0.2) is 0 Å². The zero-order valence-corrected chi connectivity index (χ0v) is 10.0. The van der Waals surface area contributed by atoms with E-state index >= 15 is 0 Å². The molecule has 0 aliphatic rings. The van der Waals surface area contributed by atoms with Gasteiger partial charge in [-0.15, -0.1) is 0 Å². The minimum Gasteiger partial charge on any atom is -0.334 e. The van der Waals surface area contributed by atoms with Crippen molar-refractivity contribution < 1.29 is 14.2 Å². The normalized spacial score (nSPS) is 13.2. The summed E-state index contributed by atoms with van der Waals surface area (Å²) >= 11 is 0. The van der Waals surface area contributed by atoms with Crippen LogP contribution in [0.1, 0.15) is 41.5 Å². The summed E-state index contributed by atoms with van der Waals surface area (Å²) < 4.78 is 16.2. The van der Waals surface area contributed by atoms with E-state index in [2.05, 4.69) is 0 Å². The summed E-state index contributed by atoms with van der Waals surface area (Å²) in [5.74, 6) is -1.43. The molecule has 0 rings (SSSR count). The van der Waals surface area contributed by atoms with Gasteiger partial charge in [0.1, 0.15) is 0 Å². The van der Waals surface area contributed by atoms with E-state index in [0.29, 0.717) is 0 Å². The Kier molecular flexibility index (Phi) is 5.71. The smallest absolute Gasteiger partial charge is 0.223 e. The highest BCUT2D eigenvalue weighted by Gasteiger charge is 2.29. The van der Waals surface area contributed by atoms with Gasteiger partial charge in [-0.05, 0) is 41.5 Å². The van der Waals surface area contributed by atoms with Crippen LogP contribution in [0.15, 0.2) is 0 Å². The van der Waals surface area contributed by atoms with Crippen LogP contribution in [0.3, 0.4) is 0 Å². The SMILES string of the molecule is [B]C(OC(C)C)(OC(C)C)OC(C)C. The number of rotatable bonds is 6. The number of hydrogen-bond acceptors (Lipinski definition) is 3. The Bertz CT molecular complexity index is 131. The topological polar surface area (TPSA) is 27.7 Å². The Morgan fingerprint density at radius 2 is 0.929 bits per heavy atom. The highest BCUT2D eigenvalue weighted by molar-refractivity contribution is 6.12. The molecule has 0 aromatic heterocycles. The zero-order valence-electron chi connectivity index (χ0n) is 10.0. The molecular formula is C10H21BO3. The Labute approximate surface area is 88.5 Å². The molecule has 3 nitrogen and oxygen atoms in total. The summed E-state index contributed by atoms with van der Waals surface area (Å²) in [4.78, 5) is 0. The minimum absolute atomic E-state index is 0.0440. The monoisotopic (exact) mass is 200 g/mol. The van der Waals surface area contributed by atoms with Gasteiger partial charge in [0.05, 0.1) is 18.3 Å². The Hall–Kier alpha value is -0.0551. The second kappa shape index (κ2) is 5.74. The Morgan fingerprint density at radius 1 is 0.714 bits per heavy atom. The summed E-state index contributed by atoms with van der Waals surface area (Å²) in [7, 11) is 5.83. The summed E-state index contributed by atoms with van der Waals surface area (Å²) in [5.41, 5.74) is 0. The quantitative estimate of drug-likeness (QED) is 0.485. The van der Waals surface area contributed by atoms with Crippen molar-refractivity contribution in [2.24, 2.45) is 0 Å². The second-order valence-electron chi connectivity index (χ2n) is 4.10. The molecule has 0 fully saturated rings. The standard InChI is InChI=1S/C10H21BO3/c1-7(2)12-10(11,13-8(3)4)14-9(5)6/h7-9H,1-6H3. The molecule has 0 N–H and O–H groups in total. The van der Waals surface area contributed by atoms with E-state index in [-0.39, 0.29) is 18.3 Å². The van der Waals surface area contributed by atoms with Crippen molar-refractivity contribution in [1.29, 1.82) is 0 Å². The first-order valence-corrected chi connectivity index (χ1v) is 5.07. The first-order valence-electron chi connectivity index (χ1n) is 5.07. The molecule has 14 heavy (non-hydrogen) atoms. The molecule has 82 valence electrons. The Balaban J connectivity index is 4.32. The minimum atomic E-state index is -1.43. The predicted octanol–water partition coefficient (Wildman–Crippen LogP) is 2.04. The third kappa shape index (κ3) is 6.41. The molecule has 0 aliphatic heterocycles. The number of ether oxygens (including phenoxy) is 3.